The van der Waals surface area contributed by atoms with E-state index in [1.165, 1.54) is 18.2 Å². The number of anilines is 1. The minimum absolute atomic E-state index is 0.231. The third kappa shape index (κ3) is 3.76. The van der Waals surface area contributed by atoms with Gasteiger partial charge in [0.2, 0.25) is 5.91 Å². The summed E-state index contributed by atoms with van der Waals surface area (Å²) in [4.78, 5) is 26.3. The average Bonchev–Trinajstić information content (AvgIpc) is 2.15. The van der Waals surface area contributed by atoms with Crippen molar-refractivity contribution in [3.05, 3.63) is 28.8 Å². The lowest BCUT2D eigenvalue weighted by atomic mass is 10.2. The van der Waals surface area contributed by atoms with E-state index in [4.69, 9.17) is 23.1 Å². The maximum Gasteiger partial charge on any atom is 0.274 e. The lowest BCUT2D eigenvalue weighted by molar-refractivity contribution is -0.124. The molecular weight excluding hydrogens is 234 g/mol. The van der Waals surface area contributed by atoms with Crippen LogP contribution < -0.4 is 16.9 Å². The van der Waals surface area contributed by atoms with E-state index < -0.39 is 18.4 Å². The zero-order valence-electron chi connectivity index (χ0n) is 8.20. The van der Waals surface area contributed by atoms with Gasteiger partial charge in [0, 0.05) is 16.3 Å². The number of hydroxylamine groups is 1. The van der Waals surface area contributed by atoms with Crippen LogP contribution in [0.4, 0.5) is 5.69 Å². The van der Waals surface area contributed by atoms with Crippen molar-refractivity contribution in [3.8, 4) is 0 Å². The Morgan fingerprint density at radius 2 is 2.06 bits per heavy atom. The molecule has 86 valence electrons. The number of primary amides is 1. The number of amides is 2. The summed E-state index contributed by atoms with van der Waals surface area (Å²) in [5.41, 5.74) is 12.9. The molecule has 0 unspecified atom stereocenters. The zero-order chi connectivity index (χ0) is 12.1. The maximum atomic E-state index is 11.4. The fraction of sp³-hybridized carbons (Fsp3) is 0.111. The number of nitrogens with two attached hydrogens (primary N) is 2. The van der Waals surface area contributed by atoms with Gasteiger partial charge in [-0.3, -0.25) is 14.4 Å². The number of nitrogen functional groups attached to an aromatic ring is 1. The summed E-state index contributed by atoms with van der Waals surface area (Å²) in [6.45, 7) is -0.401. The summed E-state index contributed by atoms with van der Waals surface area (Å²) in [7, 11) is 0. The normalized spacial score (nSPS) is 9.81. The van der Waals surface area contributed by atoms with Crippen LogP contribution in [0.1, 0.15) is 10.4 Å². The SMILES string of the molecule is NC(=O)CONC(=O)c1cc(N)cc(Cl)c1. The average molecular weight is 244 g/mol. The van der Waals surface area contributed by atoms with Crippen LogP contribution in [-0.2, 0) is 9.63 Å². The predicted molar refractivity (Wildman–Crippen MR) is 58.5 cm³/mol. The molecule has 0 atom stereocenters. The molecule has 0 saturated carbocycles. The maximum absolute atomic E-state index is 11.4. The summed E-state index contributed by atoms with van der Waals surface area (Å²) in [5.74, 6) is -1.25. The van der Waals surface area contributed by atoms with Crippen molar-refractivity contribution in [1.82, 2.24) is 5.48 Å². The van der Waals surface area contributed by atoms with E-state index >= 15 is 0 Å². The Hall–Kier alpha value is -1.79. The lowest BCUT2D eigenvalue weighted by Crippen LogP contribution is -2.29. The Morgan fingerprint density at radius 1 is 1.38 bits per heavy atom. The van der Waals surface area contributed by atoms with Crippen LogP contribution in [0.5, 0.6) is 0 Å². The van der Waals surface area contributed by atoms with Crippen LogP contribution in [0.3, 0.4) is 0 Å². The molecule has 1 aromatic rings. The van der Waals surface area contributed by atoms with E-state index in [1.807, 2.05) is 5.48 Å². The predicted octanol–water partition coefficient (Wildman–Crippen LogP) is 0.0689. The molecule has 0 aliphatic heterocycles. The Labute approximate surface area is 96.4 Å². The minimum Gasteiger partial charge on any atom is -0.399 e. The van der Waals surface area contributed by atoms with Gasteiger partial charge in [0.05, 0.1) is 0 Å². The Bertz CT molecular complexity index is 402. The third-order valence-corrected chi connectivity index (χ3v) is 1.78. The summed E-state index contributed by atoms with van der Waals surface area (Å²) in [6.07, 6.45) is 0. The van der Waals surface area contributed by atoms with Crippen LogP contribution in [0.15, 0.2) is 18.2 Å². The number of benzene rings is 1. The fourth-order valence-corrected chi connectivity index (χ4v) is 1.22. The second-order valence-electron chi connectivity index (χ2n) is 2.96. The monoisotopic (exact) mass is 243 g/mol. The van der Waals surface area contributed by atoms with Gasteiger partial charge in [0.1, 0.15) is 0 Å². The Morgan fingerprint density at radius 3 is 2.62 bits per heavy atom. The highest BCUT2D eigenvalue weighted by Gasteiger charge is 2.07. The van der Waals surface area contributed by atoms with Gasteiger partial charge in [-0.1, -0.05) is 11.6 Å². The van der Waals surface area contributed by atoms with E-state index in [0.29, 0.717) is 10.7 Å². The molecule has 0 fully saturated rings. The zero-order valence-corrected chi connectivity index (χ0v) is 8.95. The summed E-state index contributed by atoms with van der Waals surface area (Å²) >= 11 is 5.70. The molecule has 2 amide bonds. The highest BCUT2D eigenvalue weighted by Crippen LogP contribution is 2.16. The van der Waals surface area contributed by atoms with Gasteiger partial charge in [-0.2, -0.15) is 0 Å². The first-order valence-corrected chi connectivity index (χ1v) is 4.63. The molecule has 0 saturated heterocycles. The molecule has 5 N–H and O–H groups in total. The van der Waals surface area contributed by atoms with Crippen LogP contribution in [-0.4, -0.2) is 18.4 Å². The number of hydrogen-bond acceptors (Lipinski definition) is 4. The topological polar surface area (TPSA) is 107 Å². The van der Waals surface area contributed by atoms with Crippen LogP contribution >= 0.6 is 11.6 Å². The van der Waals surface area contributed by atoms with Crippen molar-refractivity contribution >= 4 is 29.1 Å². The quantitative estimate of drug-likeness (QED) is 0.514. The molecule has 16 heavy (non-hydrogen) atoms. The van der Waals surface area contributed by atoms with Gasteiger partial charge in [-0.25, -0.2) is 5.48 Å². The molecule has 1 rings (SSSR count). The Kier molecular flexibility index (Phi) is 4.10. The second kappa shape index (κ2) is 5.34. The molecule has 0 bridgehead atoms. The number of carbonyl (C=O) groups excluding carboxylic acids is 2. The standard InChI is InChI=1S/C9H10ClN3O3/c10-6-1-5(2-7(11)3-6)9(15)13-16-4-8(12)14/h1-3H,4,11H2,(H2,12,14)(H,13,15). The van der Waals surface area contributed by atoms with E-state index in [9.17, 15) is 9.59 Å². The van der Waals surface area contributed by atoms with E-state index in [0.717, 1.165) is 0 Å². The highest BCUT2D eigenvalue weighted by atomic mass is 35.5. The van der Waals surface area contributed by atoms with Gasteiger partial charge < -0.3 is 11.5 Å². The molecular formula is C9H10ClN3O3. The molecule has 1 aromatic carbocycles. The van der Waals surface area contributed by atoms with Crippen molar-refractivity contribution in [3.63, 3.8) is 0 Å². The molecule has 0 aliphatic rings. The van der Waals surface area contributed by atoms with Crippen LogP contribution in [0.25, 0.3) is 0 Å². The molecule has 0 spiro atoms. The first kappa shape index (κ1) is 12.3. The molecule has 0 aromatic heterocycles. The number of hydrogen-bond donors (Lipinski definition) is 3. The van der Waals surface area contributed by atoms with Gasteiger partial charge >= 0.3 is 0 Å². The van der Waals surface area contributed by atoms with Crippen molar-refractivity contribution in [2.75, 3.05) is 12.3 Å². The molecule has 0 radical (unpaired) electrons. The first-order chi connectivity index (χ1) is 7.49. The summed E-state index contributed by atoms with van der Waals surface area (Å²) in [5, 5.41) is 0.333. The highest BCUT2D eigenvalue weighted by molar-refractivity contribution is 6.31. The number of nitrogens with one attached hydrogen (secondary N) is 1. The van der Waals surface area contributed by atoms with Gasteiger partial charge in [-0.05, 0) is 18.2 Å². The van der Waals surface area contributed by atoms with Crippen molar-refractivity contribution in [2.45, 2.75) is 0 Å². The molecule has 6 nitrogen and oxygen atoms in total. The van der Waals surface area contributed by atoms with Gasteiger partial charge in [-0.15, -0.1) is 0 Å². The number of halogens is 1. The fourth-order valence-electron chi connectivity index (χ4n) is 0.975. The van der Waals surface area contributed by atoms with Crippen molar-refractivity contribution in [2.24, 2.45) is 5.73 Å². The molecule has 7 heteroatoms. The Balaban J connectivity index is 2.62. The first-order valence-electron chi connectivity index (χ1n) is 4.25. The van der Waals surface area contributed by atoms with E-state index in [-0.39, 0.29) is 5.56 Å². The lowest BCUT2D eigenvalue weighted by Gasteiger charge is -2.05. The largest absolute Gasteiger partial charge is 0.399 e. The second-order valence-corrected chi connectivity index (χ2v) is 3.40. The van der Waals surface area contributed by atoms with Gasteiger partial charge in [0.25, 0.3) is 5.91 Å². The van der Waals surface area contributed by atoms with E-state index in [1.54, 1.807) is 0 Å². The van der Waals surface area contributed by atoms with Crippen LogP contribution in [0.2, 0.25) is 5.02 Å². The molecule has 0 aliphatic carbocycles. The summed E-state index contributed by atoms with van der Waals surface area (Å²) in [6, 6.07) is 4.35. The third-order valence-electron chi connectivity index (χ3n) is 1.56. The van der Waals surface area contributed by atoms with Crippen molar-refractivity contribution in [1.29, 1.82) is 0 Å². The summed E-state index contributed by atoms with van der Waals surface area (Å²) < 4.78 is 0. The molecule has 0 heterocycles. The smallest absolute Gasteiger partial charge is 0.274 e. The van der Waals surface area contributed by atoms with Crippen molar-refractivity contribution < 1.29 is 14.4 Å². The number of carbonyl (C=O) groups is 2. The van der Waals surface area contributed by atoms with E-state index in [2.05, 4.69) is 4.84 Å². The van der Waals surface area contributed by atoms with Gasteiger partial charge in [0.15, 0.2) is 6.61 Å². The number of rotatable bonds is 4. The van der Waals surface area contributed by atoms with Crippen LogP contribution in [0, 0.1) is 0 Å². The minimum atomic E-state index is -0.689.